The number of halogens is 2. The SMILES string of the molecule is Cc1c(Cl)cccc1N1C(=O)/C(=C/c2ccc(-c3ccc(C(=O)O)c(Cl)c3)o2)C(=O)NC1=S. The van der Waals surface area contributed by atoms with Crippen LogP contribution in [0.15, 0.2) is 58.5 Å². The van der Waals surface area contributed by atoms with E-state index in [2.05, 4.69) is 5.32 Å². The van der Waals surface area contributed by atoms with Crippen LogP contribution in [0.1, 0.15) is 21.7 Å². The van der Waals surface area contributed by atoms with E-state index in [1.807, 2.05) is 0 Å². The Morgan fingerprint density at radius 1 is 1.12 bits per heavy atom. The first-order valence-corrected chi connectivity index (χ1v) is 10.6. The molecule has 10 heteroatoms. The van der Waals surface area contributed by atoms with Crippen LogP contribution in [0.25, 0.3) is 17.4 Å². The standard InChI is InChI=1S/C23H14Cl2N2O5S/c1-11-16(24)3-2-4-18(11)27-21(29)15(20(28)26-23(27)33)10-13-6-8-19(32-13)12-5-7-14(22(30)31)17(25)9-12/h2-10H,1H3,(H,30,31)(H,26,28,33)/b15-10+. The van der Waals surface area contributed by atoms with Crippen LogP contribution in [0, 0.1) is 6.92 Å². The fourth-order valence-electron chi connectivity index (χ4n) is 3.28. The van der Waals surface area contributed by atoms with Crippen molar-refractivity contribution in [3.05, 3.63) is 81.0 Å². The number of hydrogen-bond donors (Lipinski definition) is 2. The van der Waals surface area contributed by atoms with Crippen molar-refractivity contribution in [1.82, 2.24) is 5.32 Å². The number of nitrogens with zero attached hydrogens (tertiary/aromatic N) is 1. The Bertz CT molecular complexity index is 1380. The number of carboxylic acid groups (broad SMARTS) is 1. The maximum Gasteiger partial charge on any atom is 0.337 e. The monoisotopic (exact) mass is 500 g/mol. The number of carbonyl (C=O) groups excluding carboxylic acids is 2. The zero-order valence-electron chi connectivity index (χ0n) is 16.9. The van der Waals surface area contributed by atoms with E-state index in [1.54, 1.807) is 43.3 Å². The van der Waals surface area contributed by atoms with Crippen LogP contribution in [0.5, 0.6) is 0 Å². The normalized spacial score (nSPS) is 15.2. The molecular formula is C23H14Cl2N2O5S. The largest absolute Gasteiger partial charge is 0.478 e. The molecule has 166 valence electrons. The van der Waals surface area contributed by atoms with Crippen molar-refractivity contribution in [3.8, 4) is 11.3 Å². The first-order valence-electron chi connectivity index (χ1n) is 9.47. The van der Waals surface area contributed by atoms with Crippen molar-refractivity contribution in [3.63, 3.8) is 0 Å². The minimum atomic E-state index is -1.14. The van der Waals surface area contributed by atoms with Crippen LogP contribution in [-0.2, 0) is 9.59 Å². The Kier molecular flexibility index (Phi) is 6.07. The number of nitrogens with one attached hydrogen (secondary N) is 1. The second-order valence-electron chi connectivity index (χ2n) is 7.04. The molecule has 7 nitrogen and oxygen atoms in total. The minimum Gasteiger partial charge on any atom is -0.478 e. The number of rotatable bonds is 4. The molecule has 1 aliphatic heterocycles. The number of carbonyl (C=O) groups is 3. The Hall–Kier alpha value is -3.46. The van der Waals surface area contributed by atoms with Gasteiger partial charge in [0.15, 0.2) is 5.11 Å². The summed E-state index contributed by atoms with van der Waals surface area (Å²) in [6, 6.07) is 12.6. The summed E-state index contributed by atoms with van der Waals surface area (Å²) in [6.45, 7) is 1.74. The smallest absolute Gasteiger partial charge is 0.337 e. The van der Waals surface area contributed by atoms with Gasteiger partial charge in [-0.15, -0.1) is 0 Å². The lowest BCUT2D eigenvalue weighted by Crippen LogP contribution is -2.54. The van der Waals surface area contributed by atoms with Crippen molar-refractivity contribution < 1.29 is 23.9 Å². The molecule has 0 saturated carbocycles. The maximum absolute atomic E-state index is 13.2. The summed E-state index contributed by atoms with van der Waals surface area (Å²) in [4.78, 5) is 38.1. The van der Waals surface area contributed by atoms with Gasteiger partial charge in [-0.25, -0.2) is 4.79 Å². The van der Waals surface area contributed by atoms with Crippen LogP contribution >= 0.6 is 35.4 Å². The fraction of sp³-hybridized carbons (Fsp3) is 0.0435. The first-order chi connectivity index (χ1) is 15.7. The van der Waals surface area contributed by atoms with E-state index in [9.17, 15) is 14.4 Å². The molecule has 1 fully saturated rings. The summed E-state index contributed by atoms with van der Waals surface area (Å²) in [5, 5.41) is 12.1. The Morgan fingerprint density at radius 2 is 1.88 bits per heavy atom. The van der Waals surface area contributed by atoms with E-state index >= 15 is 0 Å². The number of furan rings is 1. The highest BCUT2D eigenvalue weighted by Gasteiger charge is 2.35. The molecule has 0 unspecified atom stereocenters. The zero-order chi connectivity index (χ0) is 23.9. The van der Waals surface area contributed by atoms with Gasteiger partial charge in [-0.2, -0.15) is 0 Å². The summed E-state index contributed by atoms with van der Waals surface area (Å²) in [5.41, 5.74) is 1.41. The predicted molar refractivity (Wildman–Crippen MR) is 129 cm³/mol. The van der Waals surface area contributed by atoms with Gasteiger partial charge in [0.1, 0.15) is 17.1 Å². The Labute approximate surface area is 203 Å². The maximum atomic E-state index is 13.2. The van der Waals surface area contributed by atoms with Gasteiger partial charge in [-0.1, -0.05) is 35.3 Å². The van der Waals surface area contributed by atoms with E-state index in [-0.39, 0.29) is 27.0 Å². The molecule has 0 spiro atoms. The molecule has 2 N–H and O–H groups in total. The molecule has 0 aliphatic carbocycles. The lowest BCUT2D eigenvalue weighted by Gasteiger charge is -2.30. The second-order valence-corrected chi connectivity index (χ2v) is 8.24. The fourth-order valence-corrected chi connectivity index (χ4v) is 3.99. The molecule has 2 aromatic carbocycles. The lowest BCUT2D eigenvalue weighted by atomic mass is 10.1. The summed E-state index contributed by atoms with van der Waals surface area (Å²) >= 11 is 17.4. The first kappa shape index (κ1) is 22.7. The van der Waals surface area contributed by atoms with Crippen LogP contribution < -0.4 is 10.2 Å². The van der Waals surface area contributed by atoms with Gasteiger partial charge in [-0.05, 0) is 67.2 Å². The molecule has 0 bridgehead atoms. The van der Waals surface area contributed by atoms with Crippen LogP contribution in [0.4, 0.5) is 5.69 Å². The van der Waals surface area contributed by atoms with Gasteiger partial charge < -0.3 is 9.52 Å². The number of aromatic carboxylic acids is 1. The molecule has 4 rings (SSSR count). The van der Waals surface area contributed by atoms with Gasteiger partial charge in [0.2, 0.25) is 0 Å². The summed E-state index contributed by atoms with van der Waals surface area (Å²) in [6.07, 6.45) is 1.31. The van der Waals surface area contributed by atoms with Crippen molar-refractivity contribution in [2.24, 2.45) is 0 Å². The van der Waals surface area contributed by atoms with Gasteiger partial charge in [0.05, 0.1) is 16.3 Å². The average molecular weight is 501 g/mol. The van der Waals surface area contributed by atoms with Gasteiger partial charge in [0.25, 0.3) is 11.8 Å². The van der Waals surface area contributed by atoms with Crippen LogP contribution in [0.2, 0.25) is 10.0 Å². The number of thiocarbonyl (C=S) groups is 1. The molecule has 33 heavy (non-hydrogen) atoms. The second kappa shape index (κ2) is 8.82. The summed E-state index contributed by atoms with van der Waals surface area (Å²) in [7, 11) is 0. The number of benzene rings is 2. The molecule has 2 heterocycles. The molecule has 1 saturated heterocycles. The van der Waals surface area contributed by atoms with E-state index in [0.717, 1.165) is 0 Å². The van der Waals surface area contributed by atoms with Gasteiger partial charge in [0, 0.05) is 10.6 Å². The van der Waals surface area contributed by atoms with E-state index in [4.69, 9.17) is 44.9 Å². The Morgan fingerprint density at radius 3 is 2.58 bits per heavy atom. The quantitative estimate of drug-likeness (QED) is 0.294. The molecule has 3 aromatic rings. The Balaban J connectivity index is 1.68. The third-order valence-corrected chi connectivity index (χ3v) is 5.99. The predicted octanol–water partition coefficient (Wildman–Crippen LogP) is 5.09. The number of amides is 2. The highest BCUT2D eigenvalue weighted by Crippen LogP contribution is 2.31. The van der Waals surface area contributed by atoms with Crippen molar-refractivity contribution in [1.29, 1.82) is 0 Å². The van der Waals surface area contributed by atoms with E-state index in [1.165, 1.54) is 23.1 Å². The molecule has 2 amide bonds. The molecule has 0 radical (unpaired) electrons. The van der Waals surface area contributed by atoms with Crippen LogP contribution in [-0.4, -0.2) is 28.0 Å². The summed E-state index contributed by atoms with van der Waals surface area (Å²) < 4.78 is 5.75. The highest BCUT2D eigenvalue weighted by atomic mass is 35.5. The third-order valence-electron chi connectivity index (χ3n) is 4.98. The van der Waals surface area contributed by atoms with Crippen molar-refractivity contribution in [2.75, 3.05) is 4.90 Å². The lowest BCUT2D eigenvalue weighted by molar-refractivity contribution is -0.122. The van der Waals surface area contributed by atoms with Gasteiger partial charge >= 0.3 is 5.97 Å². The zero-order valence-corrected chi connectivity index (χ0v) is 19.2. The number of carboxylic acids is 1. The number of anilines is 1. The topological polar surface area (TPSA) is 99.8 Å². The van der Waals surface area contributed by atoms with E-state index in [0.29, 0.717) is 27.6 Å². The molecular weight excluding hydrogens is 487 g/mol. The number of hydrogen-bond acceptors (Lipinski definition) is 5. The molecule has 1 aliphatic rings. The van der Waals surface area contributed by atoms with Gasteiger partial charge in [-0.3, -0.25) is 19.8 Å². The average Bonchev–Trinajstić information content (AvgIpc) is 3.22. The summed E-state index contributed by atoms with van der Waals surface area (Å²) in [5.74, 6) is -1.82. The van der Waals surface area contributed by atoms with Crippen LogP contribution in [0.3, 0.4) is 0 Å². The molecule has 1 aromatic heterocycles. The van der Waals surface area contributed by atoms with Crippen molar-refractivity contribution >= 4 is 70.1 Å². The minimum absolute atomic E-state index is 0.0360. The molecule has 0 atom stereocenters. The van der Waals surface area contributed by atoms with Crippen molar-refractivity contribution in [2.45, 2.75) is 6.92 Å². The van der Waals surface area contributed by atoms with E-state index < -0.39 is 17.8 Å². The third kappa shape index (κ3) is 4.28. The highest BCUT2D eigenvalue weighted by molar-refractivity contribution is 7.80.